The first-order valence-electron chi connectivity index (χ1n) is 10.6. The molecule has 0 unspecified atom stereocenters. The first kappa shape index (κ1) is 23.8. The lowest BCUT2D eigenvalue weighted by Gasteiger charge is -2.36. The Bertz CT molecular complexity index is 700. The maximum Gasteiger partial charge on any atom is 0.243 e. The monoisotopic (exact) mass is 419 g/mol. The quantitative estimate of drug-likeness (QED) is 0.373. The van der Waals surface area contributed by atoms with Gasteiger partial charge in [-0.3, -0.25) is 9.69 Å². The van der Waals surface area contributed by atoms with Crippen molar-refractivity contribution in [2.75, 3.05) is 67.6 Å². The van der Waals surface area contributed by atoms with Crippen molar-refractivity contribution in [1.82, 2.24) is 20.0 Å². The van der Waals surface area contributed by atoms with Crippen LogP contribution in [0.25, 0.3) is 0 Å². The first-order valence-corrected chi connectivity index (χ1v) is 10.6. The molecule has 0 spiro atoms. The molecule has 2 rings (SSSR count). The molecule has 1 aromatic carbocycles. The third-order valence-corrected chi connectivity index (χ3v) is 5.23. The number of benzene rings is 1. The van der Waals surface area contributed by atoms with Crippen molar-refractivity contribution in [3.63, 3.8) is 0 Å². The fourth-order valence-corrected chi connectivity index (χ4v) is 3.29. The van der Waals surface area contributed by atoms with Gasteiger partial charge in [-0.1, -0.05) is 13.3 Å². The summed E-state index contributed by atoms with van der Waals surface area (Å²) in [5.74, 6) is 2.55. The van der Waals surface area contributed by atoms with Gasteiger partial charge in [0, 0.05) is 58.9 Å². The van der Waals surface area contributed by atoms with E-state index in [2.05, 4.69) is 27.0 Å². The minimum atomic E-state index is 0.00791. The van der Waals surface area contributed by atoms with Crippen molar-refractivity contribution in [2.24, 2.45) is 4.99 Å². The number of likely N-dealkylation sites (N-methyl/N-ethyl adjacent to an activating group) is 1. The highest BCUT2D eigenvalue weighted by molar-refractivity contribution is 5.84. The van der Waals surface area contributed by atoms with Crippen molar-refractivity contribution in [3.05, 3.63) is 23.8 Å². The predicted molar refractivity (Wildman–Crippen MR) is 120 cm³/mol. The van der Waals surface area contributed by atoms with E-state index in [1.54, 1.807) is 33.2 Å². The Morgan fingerprint density at radius 2 is 1.90 bits per heavy atom. The Kier molecular flexibility index (Phi) is 9.73. The molecule has 0 radical (unpaired) electrons. The highest BCUT2D eigenvalue weighted by Gasteiger charge is 2.21. The average Bonchev–Trinajstić information content (AvgIpc) is 2.76. The zero-order valence-electron chi connectivity index (χ0n) is 19.1. The van der Waals surface area contributed by atoms with E-state index in [4.69, 9.17) is 9.47 Å². The van der Waals surface area contributed by atoms with Crippen LogP contribution in [0.5, 0.6) is 11.5 Å². The van der Waals surface area contributed by atoms with Gasteiger partial charge in [0.2, 0.25) is 5.91 Å². The van der Waals surface area contributed by atoms with Crippen molar-refractivity contribution in [3.8, 4) is 11.5 Å². The van der Waals surface area contributed by atoms with Crippen LogP contribution in [0.2, 0.25) is 0 Å². The van der Waals surface area contributed by atoms with E-state index in [1.807, 2.05) is 18.2 Å². The lowest BCUT2D eigenvalue weighted by Crippen LogP contribution is -2.52. The fraction of sp³-hybridized carbons (Fsp3) is 0.636. The third-order valence-electron chi connectivity index (χ3n) is 5.23. The van der Waals surface area contributed by atoms with Crippen LogP contribution >= 0.6 is 0 Å². The highest BCUT2D eigenvalue weighted by Crippen LogP contribution is 2.25. The fourth-order valence-electron chi connectivity index (χ4n) is 3.29. The van der Waals surface area contributed by atoms with Crippen LogP contribution in [-0.4, -0.2) is 94.1 Å². The summed E-state index contributed by atoms with van der Waals surface area (Å²) in [6.07, 6.45) is 2.20. The topological polar surface area (TPSA) is 69.6 Å². The van der Waals surface area contributed by atoms with E-state index < -0.39 is 0 Å². The normalized spacial score (nSPS) is 15.1. The summed E-state index contributed by atoms with van der Waals surface area (Å²) in [7, 11) is 6.89. The van der Waals surface area contributed by atoms with Gasteiger partial charge in [-0.15, -0.1) is 0 Å². The maximum absolute atomic E-state index is 12.0. The third kappa shape index (κ3) is 7.09. The summed E-state index contributed by atoms with van der Waals surface area (Å²) < 4.78 is 10.9. The summed E-state index contributed by atoms with van der Waals surface area (Å²) in [5, 5.41) is 3.43. The second-order valence-electron chi connectivity index (χ2n) is 7.65. The second kappa shape index (κ2) is 12.3. The van der Waals surface area contributed by atoms with E-state index >= 15 is 0 Å². The summed E-state index contributed by atoms with van der Waals surface area (Å²) in [5.41, 5.74) is 1.12. The van der Waals surface area contributed by atoms with Gasteiger partial charge in [0.1, 0.15) is 18.0 Å². The number of nitrogens with one attached hydrogen (secondary N) is 1. The van der Waals surface area contributed by atoms with E-state index in [0.29, 0.717) is 0 Å². The summed E-state index contributed by atoms with van der Waals surface area (Å²) in [6.45, 7) is 7.56. The SMILES string of the molecule is CCCCNC(=NCC(=O)N(C)C)N1CCN(Cc2cc(OC)ccc2OC)CC1. The summed E-state index contributed by atoms with van der Waals surface area (Å²) in [6, 6.07) is 5.91. The van der Waals surface area contributed by atoms with Gasteiger partial charge in [-0.05, 0) is 24.6 Å². The molecular weight excluding hydrogens is 382 g/mol. The van der Waals surface area contributed by atoms with Crippen LogP contribution in [-0.2, 0) is 11.3 Å². The van der Waals surface area contributed by atoms with Crippen LogP contribution in [0.4, 0.5) is 0 Å². The molecule has 1 amide bonds. The van der Waals surface area contributed by atoms with Gasteiger partial charge in [-0.25, -0.2) is 4.99 Å². The van der Waals surface area contributed by atoms with Crippen LogP contribution in [0.15, 0.2) is 23.2 Å². The number of nitrogens with zero attached hydrogens (tertiary/aromatic N) is 4. The number of unbranched alkanes of at least 4 members (excludes halogenated alkanes) is 1. The molecule has 1 saturated heterocycles. The Labute approximate surface area is 180 Å². The Balaban J connectivity index is 1.98. The molecule has 1 heterocycles. The molecule has 1 N–H and O–H groups in total. The molecule has 168 valence electrons. The Morgan fingerprint density at radius 3 is 2.50 bits per heavy atom. The Morgan fingerprint density at radius 1 is 1.17 bits per heavy atom. The first-order chi connectivity index (χ1) is 14.5. The molecule has 0 aromatic heterocycles. The number of hydrogen-bond acceptors (Lipinski definition) is 5. The number of guanidine groups is 1. The van der Waals surface area contributed by atoms with Crippen molar-refractivity contribution >= 4 is 11.9 Å². The zero-order chi connectivity index (χ0) is 21.9. The number of hydrogen-bond donors (Lipinski definition) is 1. The number of piperazine rings is 1. The lowest BCUT2D eigenvalue weighted by molar-refractivity contribution is -0.127. The van der Waals surface area contributed by atoms with Crippen molar-refractivity contribution in [2.45, 2.75) is 26.3 Å². The smallest absolute Gasteiger partial charge is 0.243 e. The van der Waals surface area contributed by atoms with Crippen molar-refractivity contribution < 1.29 is 14.3 Å². The van der Waals surface area contributed by atoms with Crippen LogP contribution in [0.3, 0.4) is 0 Å². The average molecular weight is 420 g/mol. The van der Waals surface area contributed by atoms with Crippen molar-refractivity contribution in [1.29, 1.82) is 0 Å². The van der Waals surface area contributed by atoms with Gasteiger partial charge in [0.15, 0.2) is 5.96 Å². The zero-order valence-corrected chi connectivity index (χ0v) is 19.1. The molecule has 1 aliphatic heterocycles. The largest absolute Gasteiger partial charge is 0.497 e. The lowest BCUT2D eigenvalue weighted by atomic mass is 10.1. The van der Waals surface area contributed by atoms with E-state index in [-0.39, 0.29) is 12.5 Å². The van der Waals surface area contributed by atoms with Crippen LogP contribution < -0.4 is 14.8 Å². The van der Waals surface area contributed by atoms with Gasteiger partial charge in [0.25, 0.3) is 0 Å². The maximum atomic E-state index is 12.0. The minimum absolute atomic E-state index is 0.00791. The standard InChI is InChI=1S/C22H37N5O3/c1-6-7-10-23-22(24-16-21(28)25(2)3)27-13-11-26(12-14-27)17-18-15-19(29-4)8-9-20(18)30-5/h8-9,15H,6-7,10-14,16-17H2,1-5H3,(H,23,24). The molecule has 8 nitrogen and oxygen atoms in total. The van der Waals surface area contributed by atoms with Gasteiger partial charge in [0.05, 0.1) is 14.2 Å². The number of carbonyl (C=O) groups is 1. The van der Waals surface area contributed by atoms with Gasteiger partial charge in [-0.2, -0.15) is 0 Å². The molecule has 1 aliphatic rings. The predicted octanol–water partition coefficient (Wildman–Crippen LogP) is 1.66. The summed E-state index contributed by atoms with van der Waals surface area (Å²) in [4.78, 5) is 22.8. The highest BCUT2D eigenvalue weighted by atomic mass is 16.5. The minimum Gasteiger partial charge on any atom is -0.497 e. The molecule has 1 aromatic rings. The number of rotatable bonds is 9. The molecule has 30 heavy (non-hydrogen) atoms. The second-order valence-corrected chi connectivity index (χ2v) is 7.65. The Hall–Kier alpha value is -2.48. The van der Waals surface area contributed by atoms with E-state index in [9.17, 15) is 4.79 Å². The van der Waals surface area contributed by atoms with Gasteiger partial charge < -0.3 is 24.6 Å². The molecule has 1 fully saturated rings. The van der Waals surface area contributed by atoms with Gasteiger partial charge >= 0.3 is 0 Å². The number of aliphatic imine (C=N–C) groups is 1. The van der Waals surface area contributed by atoms with Crippen LogP contribution in [0, 0.1) is 0 Å². The van der Waals surface area contributed by atoms with E-state index in [1.165, 1.54) is 0 Å². The van der Waals surface area contributed by atoms with E-state index in [0.717, 1.165) is 75.1 Å². The molecule has 0 atom stereocenters. The number of ether oxygens (including phenoxy) is 2. The molecule has 0 bridgehead atoms. The van der Waals surface area contributed by atoms with Crippen LogP contribution in [0.1, 0.15) is 25.3 Å². The number of methoxy groups -OCH3 is 2. The number of carbonyl (C=O) groups excluding carboxylic acids is 1. The molecule has 8 heteroatoms. The molecule has 0 saturated carbocycles. The molecular formula is C22H37N5O3. The molecule has 0 aliphatic carbocycles. The summed E-state index contributed by atoms with van der Waals surface area (Å²) >= 11 is 0. The number of amides is 1.